The summed E-state index contributed by atoms with van der Waals surface area (Å²) in [5, 5.41) is 1.94. The number of benzene rings is 3. The van der Waals surface area contributed by atoms with E-state index in [-0.39, 0.29) is 22.4 Å². The molecule has 1 heterocycles. The number of hydrogen-bond acceptors (Lipinski definition) is 2. The lowest BCUT2D eigenvalue weighted by Crippen LogP contribution is -2.37. The Bertz CT molecular complexity index is 1370. The highest BCUT2D eigenvalue weighted by molar-refractivity contribution is 7.79. The first-order valence-electron chi connectivity index (χ1n) is 13.1. The Balaban J connectivity index is 1.59. The Morgan fingerprint density at radius 1 is 0.722 bits per heavy atom. The van der Waals surface area contributed by atoms with E-state index in [0.717, 1.165) is 40.4 Å². The zero-order chi connectivity index (χ0) is 25.0. The molecule has 0 saturated heterocycles. The number of rotatable bonds is 5. The van der Waals surface area contributed by atoms with E-state index in [9.17, 15) is 0 Å². The minimum atomic E-state index is -2.99. The quantitative estimate of drug-likeness (QED) is 0.268. The van der Waals surface area contributed by atoms with E-state index in [1.807, 2.05) is 42.5 Å². The highest BCUT2D eigenvalue weighted by Gasteiger charge is 2.70. The highest BCUT2D eigenvalue weighted by atomic mass is 31.2. The van der Waals surface area contributed by atoms with Crippen LogP contribution in [0.3, 0.4) is 0 Å². The van der Waals surface area contributed by atoms with E-state index in [0.29, 0.717) is 5.92 Å². The molecule has 182 valence electrons. The van der Waals surface area contributed by atoms with Crippen molar-refractivity contribution in [2.24, 2.45) is 16.7 Å². The van der Waals surface area contributed by atoms with Gasteiger partial charge >= 0.3 is 0 Å². The van der Waals surface area contributed by atoms with Crippen LogP contribution in [-0.4, -0.2) is 10.6 Å². The van der Waals surface area contributed by atoms with Crippen LogP contribution in [0.2, 0.25) is 0 Å². The van der Waals surface area contributed by atoms with E-state index in [2.05, 4.69) is 87.5 Å². The van der Waals surface area contributed by atoms with Crippen molar-refractivity contribution in [1.82, 2.24) is 4.98 Å². The van der Waals surface area contributed by atoms with Crippen molar-refractivity contribution >= 4 is 17.8 Å². The van der Waals surface area contributed by atoms with Gasteiger partial charge < -0.3 is 4.57 Å². The molecule has 3 heteroatoms. The van der Waals surface area contributed by atoms with Crippen LogP contribution < -0.4 is 10.6 Å². The van der Waals surface area contributed by atoms with Crippen molar-refractivity contribution < 1.29 is 4.57 Å². The Morgan fingerprint density at radius 2 is 1.28 bits per heavy atom. The molecule has 3 aromatic carbocycles. The molecule has 1 aromatic heterocycles. The van der Waals surface area contributed by atoms with Crippen LogP contribution in [0.4, 0.5) is 0 Å². The van der Waals surface area contributed by atoms with Gasteiger partial charge in [-0.15, -0.1) is 0 Å². The molecule has 2 aliphatic rings. The molecule has 2 bridgehead atoms. The van der Waals surface area contributed by atoms with Gasteiger partial charge in [0.1, 0.15) is 7.14 Å². The second kappa shape index (κ2) is 8.56. The van der Waals surface area contributed by atoms with Gasteiger partial charge in [0.2, 0.25) is 0 Å². The number of pyridine rings is 1. The van der Waals surface area contributed by atoms with Crippen LogP contribution in [0, 0.1) is 16.7 Å². The van der Waals surface area contributed by atoms with Gasteiger partial charge in [0.25, 0.3) is 0 Å². The summed E-state index contributed by atoms with van der Waals surface area (Å²) in [5.41, 5.74) is 3.29. The molecule has 0 aliphatic heterocycles. The Hall–Kier alpha value is -2.96. The van der Waals surface area contributed by atoms with Crippen molar-refractivity contribution in [3.8, 4) is 11.3 Å². The van der Waals surface area contributed by atoms with Gasteiger partial charge in [-0.05, 0) is 41.7 Å². The van der Waals surface area contributed by atoms with Crippen LogP contribution in [0.25, 0.3) is 11.3 Å². The van der Waals surface area contributed by atoms with Crippen molar-refractivity contribution in [2.75, 3.05) is 0 Å². The van der Waals surface area contributed by atoms with Crippen LogP contribution in [-0.2, 0) is 4.57 Å². The third-order valence-electron chi connectivity index (χ3n) is 9.67. The van der Waals surface area contributed by atoms with Gasteiger partial charge in [-0.3, -0.25) is 4.98 Å². The Morgan fingerprint density at radius 3 is 1.86 bits per heavy atom. The predicted octanol–water partition coefficient (Wildman–Crippen LogP) is 7.67. The third kappa shape index (κ3) is 3.31. The molecule has 0 amide bonds. The second-order valence-corrected chi connectivity index (χ2v) is 14.3. The first-order chi connectivity index (χ1) is 17.4. The smallest absolute Gasteiger partial charge is 0.147 e. The van der Waals surface area contributed by atoms with Crippen LogP contribution in [0.15, 0.2) is 109 Å². The van der Waals surface area contributed by atoms with Crippen molar-refractivity contribution in [1.29, 1.82) is 0 Å². The van der Waals surface area contributed by atoms with Crippen LogP contribution >= 0.6 is 7.14 Å². The standard InChI is InChI=1S/C33H34NOP/c1-32(2)27-22-23-33(32,3)30(29-21-13-20-28(34-29)24-14-7-4-8-15-24)31(27)36(35,25-16-9-5-10-17-25)26-18-11-6-12-19-26/h4-21,27,30-31H,22-23H2,1-3H3/t27-,30-,31+,33+/m1/s1. The largest absolute Gasteiger partial charge is 0.313 e. The summed E-state index contributed by atoms with van der Waals surface area (Å²) >= 11 is 0. The minimum absolute atomic E-state index is 0.00886. The molecule has 2 fully saturated rings. The second-order valence-electron chi connectivity index (χ2n) is 11.4. The molecule has 4 aromatic rings. The summed E-state index contributed by atoms with van der Waals surface area (Å²) in [5.74, 6) is 0.474. The SMILES string of the molecule is CC1(C)[C@@H]2CC[C@@]1(C)[C@H](c1cccc(-c3ccccc3)n1)[C@H]2P(=O)(c1ccccc1)c1ccccc1. The maximum atomic E-state index is 15.7. The molecular formula is C33H34NOP. The fourth-order valence-corrected chi connectivity index (χ4v) is 11.6. The number of hydrogen-bond donors (Lipinski definition) is 0. The summed E-state index contributed by atoms with van der Waals surface area (Å²) in [6, 6.07) is 37.4. The lowest BCUT2D eigenvalue weighted by Gasteiger charge is -2.42. The van der Waals surface area contributed by atoms with Crippen molar-refractivity contribution in [2.45, 2.75) is 45.2 Å². The van der Waals surface area contributed by atoms with Gasteiger partial charge in [-0.1, -0.05) is 118 Å². The molecule has 2 aliphatic carbocycles. The first kappa shape index (κ1) is 23.4. The van der Waals surface area contributed by atoms with Crippen LogP contribution in [0.5, 0.6) is 0 Å². The summed E-state index contributed by atoms with van der Waals surface area (Å²) in [4.78, 5) is 5.28. The summed E-state index contributed by atoms with van der Waals surface area (Å²) in [7, 11) is -2.99. The zero-order valence-corrected chi connectivity index (χ0v) is 22.2. The Kier molecular flexibility index (Phi) is 5.58. The Labute approximate surface area is 215 Å². The fraction of sp³-hybridized carbons (Fsp3) is 0.303. The number of aromatic nitrogens is 1. The molecule has 4 atom stereocenters. The molecule has 0 unspecified atom stereocenters. The molecule has 0 radical (unpaired) electrons. The fourth-order valence-electron chi connectivity index (χ4n) is 7.48. The summed E-state index contributed by atoms with van der Waals surface area (Å²) < 4.78 is 15.7. The van der Waals surface area contributed by atoms with Crippen molar-refractivity contribution in [3.63, 3.8) is 0 Å². The van der Waals surface area contributed by atoms with E-state index in [4.69, 9.17) is 4.98 Å². The highest BCUT2D eigenvalue weighted by Crippen LogP contribution is 2.78. The molecule has 2 nitrogen and oxygen atoms in total. The molecule has 2 saturated carbocycles. The van der Waals surface area contributed by atoms with Crippen molar-refractivity contribution in [3.05, 3.63) is 115 Å². The molecule has 36 heavy (non-hydrogen) atoms. The van der Waals surface area contributed by atoms with Gasteiger partial charge in [0, 0.05) is 33.4 Å². The van der Waals surface area contributed by atoms with E-state index < -0.39 is 7.14 Å². The van der Waals surface area contributed by atoms with E-state index in [1.54, 1.807) is 0 Å². The van der Waals surface area contributed by atoms with Gasteiger partial charge in [-0.2, -0.15) is 0 Å². The lowest BCUT2D eigenvalue weighted by atomic mass is 9.66. The molecule has 0 N–H and O–H groups in total. The summed E-state index contributed by atoms with van der Waals surface area (Å²) in [6.07, 6.45) is 2.26. The maximum absolute atomic E-state index is 15.7. The zero-order valence-electron chi connectivity index (χ0n) is 21.3. The summed E-state index contributed by atoms with van der Waals surface area (Å²) in [6.45, 7) is 7.27. The average molecular weight is 492 g/mol. The molecule has 0 spiro atoms. The third-order valence-corrected chi connectivity index (χ3v) is 13.3. The lowest BCUT2D eigenvalue weighted by molar-refractivity contribution is 0.133. The normalized spacial score (nSPS) is 26.7. The topological polar surface area (TPSA) is 30.0 Å². The number of fused-ring (bicyclic) bond motifs is 2. The maximum Gasteiger partial charge on any atom is 0.147 e. The van der Waals surface area contributed by atoms with Gasteiger partial charge in [0.05, 0.1) is 5.69 Å². The first-order valence-corrected chi connectivity index (χ1v) is 14.9. The predicted molar refractivity (Wildman–Crippen MR) is 151 cm³/mol. The molecular weight excluding hydrogens is 457 g/mol. The van der Waals surface area contributed by atoms with Gasteiger partial charge in [-0.25, -0.2) is 0 Å². The minimum Gasteiger partial charge on any atom is -0.313 e. The van der Waals surface area contributed by atoms with Crippen LogP contribution in [0.1, 0.15) is 45.2 Å². The average Bonchev–Trinajstić information content (AvgIpc) is 3.27. The molecule has 6 rings (SSSR count). The van der Waals surface area contributed by atoms with Gasteiger partial charge in [0.15, 0.2) is 0 Å². The van der Waals surface area contributed by atoms with E-state index in [1.165, 1.54) is 0 Å². The van der Waals surface area contributed by atoms with E-state index >= 15 is 4.57 Å². The monoisotopic (exact) mass is 491 g/mol. The number of nitrogens with zero attached hydrogens (tertiary/aromatic N) is 1.